The van der Waals surface area contributed by atoms with E-state index in [9.17, 15) is 0 Å². The number of hydrogen-bond donors (Lipinski definition) is 0. The molecule has 0 saturated carbocycles. The van der Waals surface area contributed by atoms with E-state index < -0.39 is 0 Å². The van der Waals surface area contributed by atoms with Crippen molar-refractivity contribution in [3.63, 3.8) is 0 Å². The highest BCUT2D eigenvalue weighted by Gasteiger charge is 2.27. The van der Waals surface area contributed by atoms with Gasteiger partial charge in [0.25, 0.3) is 0 Å². The smallest absolute Gasteiger partial charge is 0.0715 e. The maximum absolute atomic E-state index is 2.45. The Hall–Kier alpha value is 2.08. The van der Waals surface area contributed by atoms with Gasteiger partial charge in [-0.3, -0.25) is 0 Å². The van der Waals surface area contributed by atoms with E-state index in [0.717, 1.165) is 0 Å². The summed E-state index contributed by atoms with van der Waals surface area (Å²) in [6, 6.07) is 0. The van der Waals surface area contributed by atoms with Crippen LogP contribution in [0.2, 0.25) is 0 Å². The van der Waals surface area contributed by atoms with Gasteiger partial charge in [0.15, 0.2) is 0 Å². The summed E-state index contributed by atoms with van der Waals surface area (Å²) in [6.45, 7) is 4.55. The van der Waals surface area contributed by atoms with Crippen LogP contribution in [-0.4, -0.2) is 0 Å². The molecular weight excluding hydrogens is 526 g/mol. The van der Waals surface area contributed by atoms with Crippen molar-refractivity contribution in [3.8, 4) is 0 Å². The molecule has 100 valence electrons. The van der Waals surface area contributed by atoms with Crippen molar-refractivity contribution in [2.24, 2.45) is 0 Å². The fourth-order valence-electron chi connectivity index (χ4n) is 1.62. The first-order valence-corrected chi connectivity index (χ1v) is 11.3. The summed E-state index contributed by atoms with van der Waals surface area (Å²) in [5.74, 6) is 0. The maximum Gasteiger partial charge on any atom is 0.0715 e. The summed E-state index contributed by atoms with van der Waals surface area (Å²) in [5, 5.41) is 0. The van der Waals surface area contributed by atoms with E-state index in [0.29, 0.717) is 0 Å². The van der Waals surface area contributed by atoms with Crippen LogP contribution in [0.3, 0.4) is 0 Å². The van der Waals surface area contributed by atoms with E-state index in [1.807, 2.05) is 47.0 Å². The summed E-state index contributed by atoms with van der Waals surface area (Å²) in [4.78, 5) is 3.26. The third kappa shape index (κ3) is 4.05. The fourth-order valence-corrected chi connectivity index (χ4v) is 9.75. The highest BCUT2D eigenvalue weighted by molar-refractivity contribution is 14.1. The van der Waals surface area contributed by atoms with Gasteiger partial charge in [0.2, 0.25) is 0 Å². The average molecular weight is 540 g/mol. The van der Waals surface area contributed by atoms with Crippen molar-refractivity contribution in [1.29, 1.82) is 0 Å². The highest BCUT2D eigenvalue weighted by atomic mass is 127. The fraction of sp³-hybridized carbons (Fsp3) is 0.500. The van der Waals surface area contributed by atoms with E-state index in [1.54, 1.807) is 9.81 Å². The molecule has 0 bridgehead atoms. The monoisotopic (exact) mass is 540 g/mol. The zero-order valence-electron chi connectivity index (χ0n) is 10.2. The van der Waals surface area contributed by atoms with E-state index in [2.05, 4.69) is 59.0 Å². The third-order valence-electron chi connectivity index (χ3n) is 2.38. The zero-order chi connectivity index (χ0) is 13.1. The van der Waals surface area contributed by atoms with Crippen molar-refractivity contribution < 1.29 is 0 Å². The Morgan fingerprint density at radius 1 is 0.722 bits per heavy atom. The molecule has 0 nitrogen and oxygen atoms in total. The first kappa shape index (κ1) is 16.5. The van der Waals surface area contributed by atoms with Crippen LogP contribution in [0.1, 0.15) is 39.5 Å². The van der Waals surface area contributed by atoms with Crippen molar-refractivity contribution in [2.45, 2.75) is 39.5 Å². The molecule has 0 unspecified atom stereocenters. The van der Waals surface area contributed by atoms with Crippen LogP contribution in [0, 0.1) is 0 Å². The number of thioether (sulfide) groups is 4. The molecule has 0 aromatic carbocycles. The minimum absolute atomic E-state index is 1.25. The van der Waals surface area contributed by atoms with E-state index in [-0.39, 0.29) is 0 Å². The number of halogens is 2. The van der Waals surface area contributed by atoms with E-state index in [1.165, 1.54) is 40.0 Å². The standard InChI is InChI=1S/C12H14I2S4/c1-3-5-7-8(6-4-2)16-11(15-7)12-17-9(13)10(14)18-12/h3-6H2,1-2H3. The van der Waals surface area contributed by atoms with Crippen molar-refractivity contribution in [2.75, 3.05) is 0 Å². The molecule has 0 aromatic rings. The van der Waals surface area contributed by atoms with Crippen molar-refractivity contribution in [1.82, 2.24) is 0 Å². The maximum atomic E-state index is 2.45. The summed E-state index contributed by atoms with van der Waals surface area (Å²) in [6.07, 6.45) is 5.01. The normalized spacial score (nSPS) is 20.7. The summed E-state index contributed by atoms with van der Waals surface area (Å²) < 4.78 is 5.89. The van der Waals surface area contributed by atoms with E-state index >= 15 is 0 Å². The molecule has 2 aliphatic heterocycles. The van der Waals surface area contributed by atoms with Crippen LogP contribution < -0.4 is 0 Å². The molecule has 2 aliphatic rings. The van der Waals surface area contributed by atoms with Gasteiger partial charge in [-0.15, -0.1) is 0 Å². The first-order valence-electron chi connectivity index (χ1n) is 5.88. The lowest BCUT2D eigenvalue weighted by molar-refractivity contribution is 0.905. The highest BCUT2D eigenvalue weighted by Crippen LogP contribution is 2.63. The molecule has 0 fully saturated rings. The molecule has 0 saturated heterocycles. The molecule has 0 atom stereocenters. The Bertz CT molecular complexity index is 401. The number of hydrogen-bond acceptors (Lipinski definition) is 4. The summed E-state index contributed by atoms with van der Waals surface area (Å²) in [5.41, 5.74) is 0. The molecule has 0 aromatic heterocycles. The molecule has 2 rings (SSSR count). The predicted octanol–water partition coefficient (Wildman–Crippen LogP) is 7.88. The van der Waals surface area contributed by atoms with Gasteiger partial charge in [0.05, 0.1) is 14.3 Å². The van der Waals surface area contributed by atoms with E-state index in [4.69, 9.17) is 0 Å². The minimum atomic E-state index is 1.25. The topological polar surface area (TPSA) is 0 Å². The molecule has 0 N–H and O–H groups in total. The Morgan fingerprint density at radius 3 is 1.50 bits per heavy atom. The Morgan fingerprint density at radius 2 is 1.11 bits per heavy atom. The average Bonchev–Trinajstić information content (AvgIpc) is 2.86. The van der Waals surface area contributed by atoms with Crippen LogP contribution in [0.15, 0.2) is 24.1 Å². The lowest BCUT2D eigenvalue weighted by Crippen LogP contribution is -1.78. The minimum Gasteiger partial charge on any atom is -0.0846 e. The predicted molar refractivity (Wildman–Crippen MR) is 109 cm³/mol. The van der Waals surface area contributed by atoms with Gasteiger partial charge >= 0.3 is 0 Å². The van der Waals surface area contributed by atoms with Gasteiger partial charge in [0, 0.05) is 9.81 Å². The van der Waals surface area contributed by atoms with Gasteiger partial charge in [-0.05, 0) is 58.0 Å². The van der Waals surface area contributed by atoms with Crippen molar-refractivity contribution >= 4 is 92.2 Å². The SMILES string of the molecule is CCCC1=C(CCC)SC(=C2SC(I)=C(I)S2)S1. The van der Waals surface area contributed by atoms with Crippen LogP contribution in [0.5, 0.6) is 0 Å². The van der Waals surface area contributed by atoms with Gasteiger partial charge in [-0.1, -0.05) is 73.7 Å². The van der Waals surface area contributed by atoms with Crippen LogP contribution in [0.4, 0.5) is 0 Å². The molecule has 0 amide bonds. The molecule has 0 spiro atoms. The molecular formula is C12H14I2S4. The Balaban J connectivity index is 2.11. The molecule has 2 heterocycles. The summed E-state index contributed by atoms with van der Waals surface area (Å²) >= 11 is 12.9. The second kappa shape index (κ2) is 7.91. The summed E-state index contributed by atoms with van der Waals surface area (Å²) in [7, 11) is 0. The molecule has 0 aliphatic carbocycles. The van der Waals surface area contributed by atoms with Gasteiger partial charge in [-0.25, -0.2) is 0 Å². The Kier molecular flexibility index (Phi) is 7.23. The second-order valence-electron chi connectivity index (χ2n) is 3.88. The molecule has 6 heteroatoms. The Labute approximate surface area is 154 Å². The van der Waals surface area contributed by atoms with Gasteiger partial charge in [-0.2, -0.15) is 0 Å². The van der Waals surface area contributed by atoms with Gasteiger partial charge in [0.1, 0.15) is 0 Å². The lowest BCUT2D eigenvalue weighted by atomic mass is 10.2. The van der Waals surface area contributed by atoms with Crippen LogP contribution in [-0.2, 0) is 0 Å². The largest absolute Gasteiger partial charge is 0.0846 e. The van der Waals surface area contributed by atoms with Crippen LogP contribution >= 0.6 is 92.2 Å². The number of rotatable bonds is 4. The first-order chi connectivity index (χ1) is 8.65. The zero-order valence-corrected chi connectivity index (χ0v) is 17.8. The quantitative estimate of drug-likeness (QED) is 0.333. The van der Waals surface area contributed by atoms with Crippen LogP contribution in [0.25, 0.3) is 0 Å². The second-order valence-corrected chi connectivity index (χ2v) is 12.3. The molecule has 18 heavy (non-hydrogen) atoms. The lowest BCUT2D eigenvalue weighted by Gasteiger charge is -2.01. The van der Waals surface area contributed by atoms with Gasteiger partial charge < -0.3 is 0 Å². The third-order valence-corrected chi connectivity index (χ3v) is 12.0. The van der Waals surface area contributed by atoms with Crippen molar-refractivity contribution in [3.05, 3.63) is 24.1 Å². The number of allylic oxidation sites excluding steroid dienone is 2. The molecule has 0 radical (unpaired) electrons.